The lowest BCUT2D eigenvalue weighted by molar-refractivity contribution is -0.00518. The monoisotopic (exact) mass is 563 g/mol. The van der Waals surface area contributed by atoms with Crippen molar-refractivity contribution >= 4 is 34.4 Å². The van der Waals surface area contributed by atoms with Crippen LogP contribution in [0.15, 0.2) is 12.1 Å². The van der Waals surface area contributed by atoms with Gasteiger partial charge in [0.15, 0.2) is 5.82 Å². The van der Waals surface area contributed by atoms with E-state index in [1.807, 2.05) is 4.90 Å². The van der Waals surface area contributed by atoms with Gasteiger partial charge in [0.2, 0.25) is 0 Å². The molecule has 1 amide bonds. The normalized spacial score (nSPS) is 32.3. The smallest absolute Gasteiger partial charge is 0.408 e. The minimum absolute atomic E-state index is 0.0125. The van der Waals surface area contributed by atoms with Crippen molar-refractivity contribution in [2.24, 2.45) is 0 Å². The van der Waals surface area contributed by atoms with E-state index >= 15 is 4.39 Å². The number of carbonyl (C=O) groups is 1. The van der Waals surface area contributed by atoms with Gasteiger partial charge in [-0.15, -0.1) is 0 Å². The van der Waals surface area contributed by atoms with Crippen LogP contribution in [-0.4, -0.2) is 99.8 Å². The number of piperazine rings is 1. The number of nitrogens with zero attached hydrogens (tertiary/aromatic N) is 5. The summed E-state index contributed by atoms with van der Waals surface area (Å²) in [5, 5.41) is 10.5. The van der Waals surface area contributed by atoms with Crippen molar-refractivity contribution in [2.45, 2.75) is 74.3 Å². The van der Waals surface area contributed by atoms with Gasteiger partial charge in [-0.05, 0) is 57.2 Å². The molecular weight excluding hydrogens is 532 g/mol. The maximum Gasteiger partial charge on any atom is 0.408 e. The zero-order valence-electron chi connectivity index (χ0n) is 21.6. The molecule has 7 rings (SSSR count). The van der Waals surface area contributed by atoms with Crippen LogP contribution in [0.25, 0.3) is 10.9 Å². The summed E-state index contributed by atoms with van der Waals surface area (Å²) < 4.78 is 41.8. The molecule has 0 radical (unpaired) electrons. The molecule has 210 valence electrons. The zero-order chi connectivity index (χ0) is 26.9. The standard InChI is InChI=1S/C27H32ClF2N5O4/c28-20-5-4-19-22(21(20)30)31-24(39-14-26-7-1-9-34(26)11-16(29)10-26)32-23(19)33-12-17-6-8-27(13-33,35(17)25(36)37)15-38-18-2-3-18/h4-5,16-18H,1-3,6-15H2,(H,36,37)/t16-,17+,26+,27-/m1/s1. The van der Waals surface area contributed by atoms with Gasteiger partial charge < -0.3 is 19.5 Å². The highest BCUT2D eigenvalue weighted by Crippen LogP contribution is 2.44. The average molecular weight is 564 g/mol. The van der Waals surface area contributed by atoms with Gasteiger partial charge in [0, 0.05) is 31.4 Å². The van der Waals surface area contributed by atoms with Crippen LogP contribution < -0.4 is 9.64 Å². The van der Waals surface area contributed by atoms with Gasteiger partial charge in [-0.25, -0.2) is 13.6 Å². The second kappa shape index (κ2) is 9.27. The van der Waals surface area contributed by atoms with Crippen molar-refractivity contribution in [3.63, 3.8) is 0 Å². The Balaban J connectivity index is 1.24. The second-order valence-electron chi connectivity index (χ2n) is 11.9. The summed E-state index contributed by atoms with van der Waals surface area (Å²) in [6, 6.07) is 2.95. The van der Waals surface area contributed by atoms with E-state index in [-0.39, 0.29) is 35.3 Å². The first-order chi connectivity index (χ1) is 18.8. The van der Waals surface area contributed by atoms with Crippen LogP contribution in [0.2, 0.25) is 5.02 Å². The summed E-state index contributed by atoms with van der Waals surface area (Å²) in [5.41, 5.74) is -1.07. The molecule has 1 aromatic carbocycles. The molecule has 5 heterocycles. The summed E-state index contributed by atoms with van der Waals surface area (Å²) in [7, 11) is 0. The molecule has 2 bridgehead atoms. The van der Waals surface area contributed by atoms with Crippen molar-refractivity contribution in [1.82, 2.24) is 19.8 Å². The number of ether oxygens (including phenoxy) is 2. The quantitative estimate of drug-likeness (QED) is 0.534. The number of rotatable bonds is 7. The lowest BCUT2D eigenvalue weighted by atomic mass is 9.95. The molecule has 5 aliphatic rings. The minimum Gasteiger partial charge on any atom is -0.465 e. The highest BCUT2D eigenvalue weighted by molar-refractivity contribution is 6.31. The SMILES string of the molecule is O=C(O)N1[C@H]2CC[C@]1(COC1CC1)CN(c1nc(OC[C@@]34CCCN3C[C@H](F)C4)nc3c(F)c(Cl)ccc13)C2. The van der Waals surface area contributed by atoms with E-state index in [4.69, 9.17) is 26.1 Å². The summed E-state index contributed by atoms with van der Waals surface area (Å²) in [6.07, 6.45) is 3.94. The number of anilines is 1. The number of fused-ring (bicyclic) bond motifs is 4. The number of carboxylic acid groups (broad SMARTS) is 1. The largest absolute Gasteiger partial charge is 0.465 e. The van der Waals surface area contributed by atoms with Gasteiger partial charge in [-0.1, -0.05) is 11.6 Å². The van der Waals surface area contributed by atoms with Crippen LogP contribution in [0.1, 0.15) is 44.9 Å². The molecule has 1 aliphatic carbocycles. The van der Waals surface area contributed by atoms with E-state index in [1.54, 1.807) is 11.0 Å². The predicted molar refractivity (Wildman–Crippen MR) is 140 cm³/mol. The van der Waals surface area contributed by atoms with Crippen molar-refractivity contribution in [1.29, 1.82) is 0 Å². The minimum atomic E-state index is -0.950. The topological polar surface area (TPSA) is 91.3 Å². The Morgan fingerprint density at radius 3 is 2.79 bits per heavy atom. The molecule has 4 saturated heterocycles. The van der Waals surface area contributed by atoms with Crippen molar-refractivity contribution in [3.05, 3.63) is 23.0 Å². The van der Waals surface area contributed by atoms with Crippen LogP contribution in [0, 0.1) is 5.82 Å². The van der Waals surface area contributed by atoms with E-state index in [0.29, 0.717) is 56.7 Å². The van der Waals surface area contributed by atoms with Crippen LogP contribution in [0.3, 0.4) is 0 Å². The number of hydrogen-bond donors (Lipinski definition) is 1. The highest BCUT2D eigenvalue weighted by Gasteiger charge is 2.55. The fourth-order valence-electron chi connectivity index (χ4n) is 7.34. The molecule has 0 unspecified atom stereocenters. The third kappa shape index (κ3) is 4.28. The van der Waals surface area contributed by atoms with Crippen molar-refractivity contribution in [2.75, 3.05) is 44.3 Å². The summed E-state index contributed by atoms with van der Waals surface area (Å²) >= 11 is 6.13. The van der Waals surface area contributed by atoms with Gasteiger partial charge in [-0.2, -0.15) is 9.97 Å². The summed E-state index contributed by atoms with van der Waals surface area (Å²) in [6.45, 7) is 2.53. The van der Waals surface area contributed by atoms with E-state index in [9.17, 15) is 14.3 Å². The average Bonchev–Trinajstić information content (AvgIpc) is 3.52. The first kappa shape index (κ1) is 25.5. The first-order valence-corrected chi connectivity index (χ1v) is 14.2. The summed E-state index contributed by atoms with van der Waals surface area (Å²) in [5.74, 6) is -0.180. The van der Waals surface area contributed by atoms with Crippen molar-refractivity contribution < 1.29 is 28.2 Å². The molecule has 9 nitrogen and oxygen atoms in total. The Bertz CT molecular complexity index is 1320. The Kier molecular flexibility index (Phi) is 6.06. The third-order valence-corrected chi connectivity index (χ3v) is 9.59. The fourth-order valence-corrected chi connectivity index (χ4v) is 7.50. The Labute approximate surface area is 230 Å². The fraction of sp³-hybridized carbons (Fsp3) is 0.667. The van der Waals surface area contributed by atoms with Gasteiger partial charge in [0.05, 0.1) is 34.9 Å². The lowest BCUT2D eigenvalue weighted by Crippen LogP contribution is -2.65. The molecule has 4 aliphatic heterocycles. The predicted octanol–water partition coefficient (Wildman–Crippen LogP) is 4.26. The number of halogens is 3. The molecular formula is C27H32ClF2N5O4. The molecule has 39 heavy (non-hydrogen) atoms. The number of benzene rings is 1. The van der Waals surface area contributed by atoms with Gasteiger partial charge in [-0.3, -0.25) is 9.80 Å². The number of amides is 1. The van der Waals surface area contributed by atoms with Gasteiger partial charge in [0.25, 0.3) is 0 Å². The zero-order valence-corrected chi connectivity index (χ0v) is 22.4. The Hall–Kier alpha value is -2.50. The van der Waals surface area contributed by atoms with Crippen LogP contribution in [0.5, 0.6) is 6.01 Å². The Morgan fingerprint density at radius 2 is 2.00 bits per heavy atom. The number of hydrogen-bond acceptors (Lipinski definition) is 7. The van der Waals surface area contributed by atoms with Gasteiger partial charge >= 0.3 is 12.1 Å². The molecule has 0 spiro atoms. The van der Waals surface area contributed by atoms with E-state index in [2.05, 4.69) is 9.88 Å². The second-order valence-corrected chi connectivity index (χ2v) is 12.3. The van der Waals surface area contributed by atoms with E-state index in [0.717, 1.165) is 32.2 Å². The van der Waals surface area contributed by atoms with Crippen LogP contribution in [-0.2, 0) is 4.74 Å². The molecule has 5 fully saturated rings. The maximum absolute atomic E-state index is 15.3. The summed E-state index contributed by atoms with van der Waals surface area (Å²) in [4.78, 5) is 27.2. The molecule has 4 atom stereocenters. The third-order valence-electron chi connectivity index (χ3n) is 9.30. The van der Waals surface area contributed by atoms with Crippen LogP contribution >= 0.6 is 11.6 Å². The number of alkyl halides is 1. The lowest BCUT2D eigenvalue weighted by Gasteiger charge is -2.48. The van der Waals surface area contributed by atoms with E-state index in [1.165, 1.54) is 6.07 Å². The molecule has 1 aromatic heterocycles. The molecule has 1 N–H and O–H groups in total. The molecule has 1 saturated carbocycles. The van der Waals surface area contributed by atoms with E-state index < -0.39 is 29.2 Å². The highest BCUT2D eigenvalue weighted by atomic mass is 35.5. The number of aromatic nitrogens is 2. The molecule has 12 heteroatoms. The van der Waals surface area contributed by atoms with Crippen LogP contribution in [0.4, 0.5) is 19.4 Å². The Morgan fingerprint density at radius 1 is 1.15 bits per heavy atom. The van der Waals surface area contributed by atoms with Gasteiger partial charge in [0.1, 0.15) is 24.1 Å². The van der Waals surface area contributed by atoms with Crippen molar-refractivity contribution in [3.8, 4) is 6.01 Å². The first-order valence-electron chi connectivity index (χ1n) is 13.8. The maximum atomic E-state index is 15.3. The molecule has 2 aromatic rings.